The quantitative estimate of drug-likeness (QED) is 0.740. The number of pyridine rings is 1. The molecule has 3 N–H and O–H groups in total. The van der Waals surface area contributed by atoms with Gasteiger partial charge in [-0.3, -0.25) is 4.79 Å². The minimum Gasteiger partial charge on any atom is -0.326 e. The summed E-state index contributed by atoms with van der Waals surface area (Å²) in [5.74, 6) is 0.459. The molecular weight excluding hydrogens is 252 g/mol. The second-order valence-corrected chi connectivity index (χ2v) is 4.63. The molecule has 0 bridgehead atoms. The molecule has 2 heterocycles. The summed E-state index contributed by atoms with van der Waals surface area (Å²) in [5, 5.41) is 1.09. The predicted octanol–water partition coefficient (Wildman–Crippen LogP) is 1.75. The Morgan fingerprint density at radius 2 is 2.10 bits per heavy atom. The molecule has 0 aliphatic rings. The van der Waals surface area contributed by atoms with E-state index in [9.17, 15) is 4.79 Å². The highest BCUT2D eigenvalue weighted by molar-refractivity contribution is 5.84. The fraction of sp³-hybridized carbons (Fsp3) is 0.133. The monoisotopic (exact) mass is 266 g/mol. The molecule has 0 aliphatic heterocycles. The van der Waals surface area contributed by atoms with E-state index in [0.717, 1.165) is 16.5 Å². The van der Waals surface area contributed by atoms with Gasteiger partial charge in [-0.05, 0) is 24.6 Å². The van der Waals surface area contributed by atoms with Crippen LogP contribution < -0.4 is 11.3 Å². The summed E-state index contributed by atoms with van der Waals surface area (Å²) in [5.41, 5.74) is 8.34. The van der Waals surface area contributed by atoms with Gasteiger partial charge < -0.3 is 10.7 Å². The van der Waals surface area contributed by atoms with Crippen molar-refractivity contribution in [3.8, 4) is 11.5 Å². The van der Waals surface area contributed by atoms with Crippen molar-refractivity contribution >= 4 is 10.9 Å². The number of benzene rings is 1. The molecule has 1 aromatic carbocycles. The maximum Gasteiger partial charge on any atom is 0.255 e. The summed E-state index contributed by atoms with van der Waals surface area (Å²) in [4.78, 5) is 23.3. The second-order valence-electron chi connectivity index (χ2n) is 4.63. The Bertz CT molecular complexity index is 839. The first kappa shape index (κ1) is 12.5. The molecule has 0 radical (unpaired) electrons. The van der Waals surface area contributed by atoms with E-state index in [-0.39, 0.29) is 12.1 Å². The highest BCUT2D eigenvalue weighted by Crippen LogP contribution is 2.21. The number of aryl methyl sites for hydroxylation is 1. The van der Waals surface area contributed by atoms with Gasteiger partial charge >= 0.3 is 0 Å². The molecule has 0 spiro atoms. The average molecular weight is 266 g/mol. The largest absolute Gasteiger partial charge is 0.326 e. The lowest BCUT2D eigenvalue weighted by Gasteiger charge is -2.06. The van der Waals surface area contributed by atoms with E-state index in [1.54, 1.807) is 0 Å². The minimum atomic E-state index is -0.217. The fourth-order valence-corrected chi connectivity index (χ4v) is 2.17. The molecular formula is C15H14N4O. The first-order valence-electron chi connectivity index (χ1n) is 6.34. The molecule has 0 amide bonds. The molecule has 20 heavy (non-hydrogen) atoms. The molecule has 0 saturated heterocycles. The maximum absolute atomic E-state index is 11.8. The van der Waals surface area contributed by atoms with Gasteiger partial charge in [-0.25, -0.2) is 9.97 Å². The number of fused-ring (bicyclic) bond motifs is 1. The third-order valence-corrected chi connectivity index (χ3v) is 3.26. The zero-order valence-electron chi connectivity index (χ0n) is 11.1. The normalized spacial score (nSPS) is 10.9. The Hall–Kier alpha value is -2.53. The van der Waals surface area contributed by atoms with Gasteiger partial charge in [0.2, 0.25) is 0 Å². The number of para-hydroxylation sites is 1. The van der Waals surface area contributed by atoms with E-state index < -0.39 is 0 Å². The molecule has 0 aliphatic carbocycles. The topological polar surface area (TPSA) is 84.7 Å². The third-order valence-electron chi connectivity index (χ3n) is 3.26. The number of aromatic nitrogens is 3. The standard InChI is InChI=1S/C15H14N4O/c1-9-6-13(18-12-5-3-2-4-11(9)12)14-17-8-10(7-16)15(20)19-14/h2-6,8H,7,16H2,1H3,(H,17,19,20). The third kappa shape index (κ3) is 2.08. The molecule has 3 rings (SSSR count). The highest BCUT2D eigenvalue weighted by Gasteiger charge is 2.08. The molecule has 100 valence electrons. The number of hydrogen-bond acceptors (Lipinski definition) is 4. The van der Waals surface area contributed by atoms with Crippen molar-refractivity contribution in [3.63, 3.8) is 0 Å². The number of rotatable bonds is 2. The molecule has 5 heteroatoms. The minimum absolute atomic E-state index is 0.173. The van der Waals surface area contributed by atoms with Crippen molar-refractivity contribution < 1.29 is 0 Å². The number of nitrogens with one attached hydrogen (secondary N) is 1. The molecule has 0 unspecified atom stereocenters. The summed E-state index contributed by atoms with van der Waals surface area (Å²) in [7, 11) is 0. The zero-order chi connectivity index (χ0) is 14.1. The van der Waals surface area contributed by atoms with E-state index in [2.05, 4.69) is 15.0 Å². The van der Waals surface area contributed by atoms with Crippen molar-refractivity contribution in [3.05, 3.63) is 58.0 Å². The summed E-state index contributed by atoms with van der Waals surface area (Å²) in [6.45, 7) is 2.19. The number of hydrogen-bond donors (Lipinski definition) is 2. The first-order chi connectivity index (χ1) is 9.69. The summed E-state index contributed by atoms with van der Waals surface area (Å²) < 4.78 is 0. The van der Waals surface area contributed by atoms with Crippen LogP contribution in [-0.4, -0.2) is 15.0 Å². The van der Waals surface area contributed by atoms with Crippen LogP contribution in [0.3, 0.4) is 0 Å². The lowest BCUT2D eigenvalue weighted by molar-refractivity contribution is 0.975. The Morgan fingerprint density at radius 3 is 2.85 bits per heavy atom. The Labute approximate surface area is 115 Å². The number of nitrogens with zero attached hydrogens (tertiary/aromatic N) is 2. The van der Waals surface area contributed by atoms with Crippen LogP contribution in [-0.2, 0) is 6.54 Å². The smallest absolute Gasteiger partial charge is 0.255 e. The van der Waals surface area contributed by atoms with E-state index in [0.29, 0.717) is 17.1 Å². The van der Waals surface area contributed by atoms with Gasteiger partial charge in [-0.1, -0.05) is 18.2 Å². The summed E-state index contributed by atoms with van der Waals surface area (Å²) in [6.07, 6.45) is 1.50. The number of aromatic amines is 1. The van der Waals surface area contributed by atoms with Gasteiger partial charge in [-0.15, -0.1) is 0 Å². The van der Waals surface area contributed by atoms with Crippen LogP contribution in [0.1, 0.15) is 11.1 Å². The number of H-pyrrole nitrogens is 1. The Morgan fingerprint density at radius 1 is 1.30 bits per heavy atom. The van der Waals surface area contributed by atoms with E-state index in [1.165, 1.54) is 6.20 Å². The molecule has 0 atom stereocenters. The van der Waals surface area contributed by atoms with Crippen molar-refractivity contribution in [2.75, 3.05) is 0 Å². The average Bonchev–Trinajstić information content (AvgIpc) is 2.47. The van der Waals surface area contributed by atoms with Crippen LogP contribution >= 0.6 is 0 Å². The molecule has 0 fully saturated rings. The maximum atomic E-state index is 11.8. The molecule has 2 aromatic heterocycles. The van der Waals surface area contributed by atoms with Crippen molar-refractivity contribution in [1.29, 1.82) is 0 Å². The zero-order valence-corrected chi connectivity index (χ0v) is 11.1. The SMILES string of the molecule is Cc1cc(-c2ncc(CN)c(=O)[nH]2)nc2ccccc12. The van der Waals surface area contributed by atoms with Crippen LogP contribution in [0.2, 0.25) is 0 Å². The van der Waals surface area contributed by atoms with Crippen LogP contribution in [0.25, 0.3) is 22.4 Å². The lowest BCUT2D eigenvalue weighted by atomic mass is 10.1. The lowest BCUT2D eigenvalue weighted by Crippen LogP contribution is -2.17. The first-order valence-corrected chi connectivity index (χ1v) is 6.34. The van der Waals surface area contributed by atoms with Gasteiger partial charge in [0.15, 0.2) is 5.82 Å². The Balaban J connectivity index is 2.19. The summed E-state index contributed by atoms with van der Waals surface area (Å²) >= 11 is 0. The van der Waals surface area contributed by atoms with Crippen molar-refractivity contribution in [1.82, 2.24) is 15.0 Å². The Kier molecular flexibility index (Phi) is 3.04. The predicted molar refractivity (Wildman–Crippen MR) is 78.2 cm³/mol. The van der Waals surface area contributed by atoms with Gasteiger partial charge in [-0.2, -0.15) is 0 Å². The van der Waals surface area contributed by atoms with Gasteiger partial charge in [0, 0.05) is 23.7 Å². The van der Waals surface area contributed by atoms with Gasteiger partial charge in [0.25, 0.3) is 5.56 Å². The van der Waals surface area contributed by atoms with Crippen molar-refractivity contribution in [2.45, 2.75) is 13.5 Å². The molecule has 5 nitrogen and oxygen atoms in total. The second kappa shape index (κ2) is 4.86. The molecule has 0 saturated carbocycles. The van der Waals surface area contributed by atoms with Crippen LogP contribution in [0.4, 0.5) is 0 Å². The number of nitrogens with two attached hydrogens (primary N) is 1. The fourth-order valence-electron chi connectivity index (χ4n) is 2.17. The van der Waals surface area contributed by atoms with Crippen LogP contribution in [0, 0.1) is 6.92 Å². The van der Waals surface area contributed by atoms with E-state index in [4.69, 9.17) is 5.73 Å². The molecule has 3 aromatic rings. The van der Waals surface area contributed by atoms with E-state index >= 15 is 0 Å². The van der Waals surface area contributed by atoms with Gasteiger partial charge in [0.1, 0.15) is 5.69 Å². The highest BCUT2D eigenvalue weighted by atomic mass is 16.1. The van der Waals surface area contributed by atoms with Crippen LogP contribution in [0.5, 0.6) is 0 Å². The van der Waals surface area contributed by atoms with Gasteiger partial charge in [0.05, 0.1) is 5.52 Å². The van der Waals surface area contributed by atoms with E-state index in [1.807, 2.05) is 37.3 Å². The summed E-state index contributed by atoms with van der Waals surface area (Å²) in [6, 6.07) is 9.80. The van der Waals surface area contributed by atoms with Crippen molar-refractivity contribution in [2.24, 2.45) is 5.73 Å². The van der Waals surface area contributed by atoms with Crippen LogP contribution in [0.15, 0.2) is 41.3 Å².